The Balaban J connectivity index is 1.78. The summed E-state index contributed by atoms with van der Waals surface area (Å²) in [5, 5.41) is 8.10. The van der Waals surface area contributed by atoms with E-state index in [-0.39, 0.29) is 22.8 Å². The molecule has 4 rings (SSSR count). The highest BCUT2D eigenvalue weighted by Crippen LogP contribution is 2.45. The van der Waals surface area contributed by atoms with Crippen LogP contribution < -0.4 is 5.32 Å². The first-order valence-corrected chi connectivity index (χ1v) is 11.1. The van der Waals surface area contributed by atoms with Gasteiger partial charge in [-0.05, 0) is 51.3 Å². The standard InChI is InChI=1S/C20H24BrN3O2S/c1-12-17-18(13-4-6-14(21)7-5-13)27-11-16(25)22-19(17)24(23-12)15-8-9-26-20(2,3)10-15/h4-7,15,18H,8-11H2,1-3H3,(H,22,25)/t15-,18-/m1/s1. The molecular weight excluding hydrogens is 426 g/mol. The van der Waals surface area contributed by atoms with Gasteiger partial charge < -0.3 is 10.1 Å². The van der Waals surface area contributed by atoms with E-state index in [2.05, 4.69) is 59.4 Å². The van der Waals surface area contributed by atoms with Gasteiger partial charge in [0.2, 0.25) is 5.91 Å². The van der Waals surface area contributed by atoms with Gasteiger partial charge in [0.05, 0.1) is 28.3 Å². The van der Waals surface area contributed by atoms with Crippen molar-refractivity contribution in [1.82, 2.24) is 9.78 Å². The van der Waals surface area contributed by atoms with Crippen molar-refractivity contribution < 1.29 is 9.53 Å². The van der Waals surface area contributed by atoms with E-state index in [9.17, 15) is 4.79 Å². The molecular formula is C20H24BrN3O2S. The van der Waals surface area contributed by atoms with E-state index >= 15 is 0 Å². The normalized spacial score (nSPS) is 24.8. The molecule has 1 fully saturated rings. The summed E-state index contributed by atoms with van der Waals surface area (Å²) in [6, 6.07) is 8.57. The minimum Gasteiger partial charge on any atom is -0.375 e. The Labute approximate surface area is 172 Å². The van der Waals surface area contributed by atoms with Crippen LogP contribution in [0.4, 0.5) is 5.82 Å². The number of hydrogen-bond donors (Lipinski definition) is 1. The van der Waals surface area contributed by atoms with Gasteiger partial charge in [-0.1, -0.05) is 28.1 Å². The van der Waals surface area contributed by atoms with Crippen LogP contribution in [0.2, 0.25) is 0 Å². The third-order valence-electron chi connectivity index (χ3n) is 5.22. The maximum absolute atomic E-state index is 12.4. The van der Waals surface area contributed by atoms with E-state index in [0.717, 1.165) is 34.4 Å². The summed E-state index contributed by atoms with van der Waals surface area (Å²) in [7, 11) is 0. The number of rotatable bonds is 2. The lowest BCUT2D eigenvalue weighted by molar-refractivity contribution is -0.113. The predicted molar refractivity (Wildman–Crippen MR) is 112 cm³/mol. The second-order valence-corrected chi connectivity index (χ2v) is 9.85. The van der Waals surface area contributed by atoms with Gasteiger partial charge in [-0.2, -0.15) is 5.10 Å². The molecule has 0 aliphatic carbocycles. The van der Waals surface area contributed by atoms with Crippen LogP contribution in [0.3, 0.4) is 0 Å². The third-order valence-corrected chi connectivity index (χ3v) is 7.02. The number of carbonyl (C=O) groups is 1. The van der Waals surface area contributed by atoms with Crippen molar-refractivity contribution >= 4 is 39.4 Å². The van der Waals surface area contributed by atoms with Crippen LogP contribution in [0.15, 0.2) is 28.7 Å². The van der Waals surface area contributed by atoms with E-state index in [1.807, 2.05) is 11.6 Å². The molecule has 144 valence electrons. The molecule has 1 aromatic carbocycles. The summed E-state index contributed by atoms with van der Waals surface area (Å²) in [4.78, 5) is 12.4. The number of anilines is 1. The van der Waals surface area contributed by atoms with Crippen LogP contribution in [0.1, 0.15) is 54.8 Å². The Hall–Kier alpha value is -1.31. The zero-order valence-corrected chi connectivity index (χ0v) is 18.2. The Morgan fingerprint density at radius 2 is 2.07 bits per heavy atom. The van der Waals surface area contributed by atoms with Gasteiger partial charge in [-0.25, -0.2) is 4.68 Å². The maximum Gasteiger partial charge on any atom is 0.235 e. The summed E-state index contributed by atoms with van der Waals surface area (Å²) in [5.74, 6) is 1.33. The molecule has 5 nitrogen and oxygen atoms in total. The van der Waals surface area contributed by atoms with Gasteiger partial charge in [-0.3, -0.25) is 4.79 Å². The van der Waals surface area contributed by atoms with E-state index < -0.39 is 0 Å². The van der Waals surface area contributed by atoms with Crippen LogP contribution in [-0.4, -0.2) is 33.6 Å². The van der Waals surface area contributed by atoms with Crippen LogP contribution in [0, 0.1) is 6.92 Å². The van der Waals surface area contributed by atoms with Crippen LogP contribution in [0.5, 0.6) is 0 Å². The first-order chi connectivity index (χ1) is 12.8. The number of hydrogen-bond acceptors (Lipinski definition) is 4. The third kappa shape index (κ3) is 3.82. The molecule has 1 N–H and O–H groups in total. The molecule has 0 radical (unpaired) electrons. The van der Waals surface area contributed by atoms with Crippen LogP contribution >= 0.6 is 27.7 Å². The maximum atomic E-state index is 12.4. The minimum atomic E-state index is -0.176. The second kappa shape index (κ2) is 7.26. The van der Waals surface area contributed by atoms with Gasteiger partial charge in [0.1, 0.15) is 5.82 Å². The van der Waals surface area contributed by atoms with E-state index in [1.165, 1.54) is 5.56 Å². The molecule has 1 amide bonds. The molecule has 0 spiro atoms. The number of halogens is 1. The van der Waals surface area contributed by atoms with Crippen LogP contribution in [0.25, 0.3) is 0 Å². The average molecular weight is 450 g/mol. The number of benzene rings is 1. The lowest BCUT2D eigenvalue weighted by Gasteiger charge is -2.36. The number of amides is 1. The Morgan fingerprint density at radius 3 is 2.78 bits per heavy atom. The van der Waals surface area contributed by atoms with Gasteiger partial charge in [-0.15, -0.1) is 11.8 Å². The molecule has 1 saturated heterocycles. The summed E-state index contributed by atoms with van der Waals surface area (Å²) >= 11 is 5.17. The first-order valence-electron chi connectivity index (χ1n) is 9.24. The Kier molecular flexibility index (Phi) is 5.12. The number of carbonyl (C=O) groups excluding carboxylic acids is 1. The van der Waals surface area contributed by atoms with E-state index in [0.29, 0.717) is 12.4 Å². The fourth-order valence-corrected chi connectivity index (χ4v) is 5.44. The lowest BCUT2D eigenvalue weighted by atomic mass is 9.94. The number of aryl methyl sites for hydroxylation is 1. The fourth-order valence-electron chi connectivity index (χ4n) is 3.98. The van der Waals surface area contributed by atoms with Crippen molar-refractivity contribution in [2.45, 2.75) is 50.5 Å². The summed E-state index contributed by atoms with van der Waals surface area (Å²) in [6.07, 6.45) is 1.79. The van der Waals surface area contributed by atoms with Crippen molar-refractivity contribution in [3.8, 4) is 0 Å². The smallest absolute Gasteiger partial charge is 0.235 e. The molecule has 27 heavy (non-hydrogen) atoms. The molecule has 0 saturated carbocycles. The first kappa shape index (κ1) is 19.0. The molecule has 7 heteroatoms. The molecule has 2 aliphatic rings. The molecule has 0 bridgehead atoms. The summed E-state index contributed by atoms with van der Waals surface area (Å²) in [6.45, 7) is 6.99. The number of ether oxygens (including phenoxy) is 1. The number of aromatic nitrogens is 2. The van der Waals surface area contributed by atoms with Gasteiger partial charge >= 0.3 is 0 Å². The van der Waals surface area contributed by atoms with Gasteiger partial charge in [0, 0.05) is 16.6 Å². The van der Waals surface area contributed by atoms with Gasteiger partial charge in [0.15, 0.2) is 0 Å². The molecule has 2 aromatic rings. The molecule has 2 atom stereocenters. The van der Waals surface area contributed by atoms with E-state index in [4.69, 9.17) is 9.84 Å². The fraction of sp³-hybridized carbons (Fsp3) is 0.500. The van der Waals surface area contributed by atoms with E-state index in [1.54, 1.807) is 11.8 Å². The number of thioether (sulfide) groups is 1. The topological polar surface area (TPSA) is 56.2 Å². The number of nitrogens with zero attached hydrogens (tertiary/aromatic N) is 2. The average Bonchev–Trinajstić information content (AvgIpc) is 2.81. The quantitative estimate of drug-likeness (QED) is 0.710. The van der Waals surface area contributed by atoms with Crippen molar-refractivity contribution in [2.75, 3.05) is 17.7 Å². The zero-order chi connectivity index (χ0) is 19.2. The molecule has 1 aromatic heterocycles. The highest BCUT2D eigenvalue weighted by atomic mass is 79.9. The van der Waals surface area contributed by atoms with Crippen molar-refractivity contribution in [3.63, 3.8) is 0 Å². The van der Waals surface area contributed by atoms with Crippen molar-refractivity contribution in [2.24, 2.45) is 0 Å². The predicted octanol–water partition coefficient (Wildman–Crippen LogP) is 4.86. The molecule has 3 heterocycles. The summed E-state index contributed by atoms with van der Waals surface area (Å²) < 4.78 is 8.98. The van der Waals surface area contributed by atoms with Crippen LogP contribution in [-0.2, 0) is 9.53 Å². The Morgan fingerprint density at radius 1 is 1.33 bits per heavy atom. The molecule has 0 unspecified atom stereocenters. The highest BCUT2D eigenvalue weighted by molar-refractivity contribution is 9.10. The van der Waals surface area contributed by atoms with Crippen molar-refractivity contribution in [3.05, 3.63) is 45.6 Å². The van der Waals surface area contributed by atoms with Gasteiger partial charge in [0.25, 0.3) is 0 Å². The highest BCUT2D eigenvalue weighted by Gasteiger charge is 2.35. The Bertz CT molecular complexity index is 863. The zero-order valence-electron chi connectivity index (χ0n) is 15.8. The monoisotopic (exact) mass is 449 g/mol. The SMILES string of the molecule is Cc1nn([C@@H]2CCOC(C)(C)C2)c2c1[C@@H](c1ccc(Br)cc1)SCC(=O)N2. The minimum absolute atomic E-state index is 0.0355. The summed E-state index contributed by atoms with van der Waals surface area (Å²) in [5.41, 5.74) is 3.12. The second-order valence-electron chi connectivity index (χ2n) is 7.84. The van der Waals surface area contributed by atoms with Crippen molar-refractivity contribution in [1.29, 1.82) is 0 Å². The molecule has 2 aliphatic heterocycles. The largest absolute Gasteiger partial charge is 0.375 e. The number of fused-ring (bicyclic) bond motifs is 1. The lowest BCUT2D eigenvalue weighted by Crippen LogP contribution is -2.36. The number of nitrogens with one attached hydrogen (secondary N) is 1.